The molecule has 0 bridgehead atoms. The molecule has 0 N–H and O–H groups in total. The van der Waals surface area contributed by atoms with Gasteiger partial charge < -0.3 is 9.47 Å². The standard InChI is InChI=1S/C19H26N4O4S/c1-4-22(5-2)28(24,25)23-9-10-27-19(14-23)18-13-20-12-17(21-18)15-7-6-8-16(11-15)26-3/h6-8,11-13,19H,4-5,9-10,14H2,1-3H3/t19-/m1/s1. The molecule has 0 unspecified atom stereocenters. The molecule has 3 rings (SSSR count). The molecule has 28 heavy (non-hydrogen) atoms. The molecule has 9 heteroatoms. The molecule has 1 saturated heterocycles. The summed E-state index contributed by atoms with van der Waals surface area (Å²) in [5, 5.41) is 0. The van der Waals surface area contributed by atoms with Crippen LogP contribution in [-0.2, 0) is 14.9 Å². The summed E-state index contributed by atoms with van der Waals surface area (Å²) < 4.78 is 39.7. The van der Waals surface area contributed by atoms with Gasteiger partial charge in [-0.2, -0.15) is 17.0 Å². The van der Waals surface area contributed by atoms with Crippen molar-refractivity contribution in [1.29, 1.82) is 0 Å². The van der Waals surface area contributed by atoms with Gasteiger partial charge in [0, 0.05) is 31.7 Å². The number of methoxy groups -OCH3 is 1. The van der Waals surface area contributed by atoms with Crippen molar-refractivity contribution in [3.8, 4) is 17.0 Å². The molecule has 2 heterocycles. The Balaban J connectivity index is 1.84. The molecule has 1 aromatic heterocycles. The van der Waals surface area contributed by atoms with E-state index < -0.39 is 16.3 Å². The number of rotatable bonds is 7. The highest BCUT2D eigenvalue weighted by Gasteiger charge is 2.34. The molecule has 1 aliphatic rings. The Hall–Kier alpha value is -2.07. The van der Waals surface area contributed by atoms with Crippen LogP contribution in [0.2, 0.25) is 0 Å². The summed E-state index contributed by atoms with van der Waals surface area (Å²) in [7, 11) is -1.90. The van der Waals surface area contributed by atoms with Crippen molar-refractivity contribution in [2.75, 3.05) is 39.9 Å². The quantitative estimate of drug-likeness (QED) is 0.700. The third-order valence-electron chi connectivity index (χ3n) is 4.74. The maximum atomic E-state index is 12.8. The Morgan fingerprint density at radius 2 is 2.07 bits per heavy atom. The summed E-state index contributed by atoms with van der Waals surface area (Å²) in [6.07, 6.45) is 2.84. The first-order valence-electron chi connectivity index (χ1n) is 9.32. The second-order valence-corrected chi connectivity index (χ2v) is 8.30. The first-order chi connectivity index (χ1) is 13.5. The highest BCUT2D eigenvalue weighted by Crippen LogP contribution is 2.26. The van der Waals surface area contributed by atoms with Gasteiger partial charge in [-0.25, -0.2) is 4.98 Å². The first-order valence-corrected chi connectivity index (χ1v) is 10.7. The number of ether oxygens (including phenoxy) is 2. The number of hydrogen-bond donors (Lipinski definition) is 0. The molecule has 0 radical (unpaired) electrons. The van der Waals surface area contributed by atoms with Gasteiger partial charge in [0.25, 0.3) is 10.2 Å². The van der Waals surface area contributed by atoms with E-state index in [1.54, 1.807) is 19.5 Å². The summed E-state index contributed by atoms with van der Waals surface area (Å²) in [6.45, 7) is 5.41. The van der Waals surface area contributed by atoms with E-state index in [0.29, 0.717) is 37.6 Å². The van der Waals surface area contributed by atoms with Gasteiger partial charge in [0.05, 0.1) is 37.5 Å². The van der Waals surface area contributed by atoms with Gasteiger partial charge in [0.15, 0.2) is 0 Å². The van der Waals surface area contributed by atoms with E-state index in [2.05, 4.69) is 9.97 Å². The maximum absolute atomic E-state index is 12.8. The van der Waals surface area contributed by atoms with Gasteiger partial charge in [-0.15, -0.1) is 0 Å². The lowest BCUT2D eigenvalue weighted by atomic mass is 10.1. The summed E-state index contributed by atoms with van der Waals surface area (Å²) in [4.78, 5) is 8.95. The zero-order chi connectivity index (χ0) is 20.1. The molecule has 1 aromatic carbocycles. The lowest BCUT2D eigenvalue weighted by molar-refractivity contribution is -0.00672. The molecule has 8 nitrogen and oxygen atoms in total. The Morgan fingerprint density at radius 1 is 1.29 bits per heavy atom. The van der Waals surface area contributed by atoms with E-state index in [1.807, 2.05) is 38.1 Å². The third kappa shape index (κ3) is 4.33. The van der Waals surface area contributed by atoms with Crippen LogP contribution in [0.5, 0.6) is 5.75 Å². The third-order valence-corrected chi connectivity index (χ3v) is 6.89. The molecule has 0 saturated carbocycles. The summed E-state index contributed by atoms with van der Waals surface area (Å²) >= 11 is 0. The largest absolute Gasteiger partial charge is 0.497 e. The van der Waals surface area contributed by atoms with Crippen molar-refractivity contribution < 1.29 is 17.9 Å². The molecule has 0 aliphatic carbocycles. The van der Waals surface area contributed by atoms with Crippen molar-refractivity contribution in [2.45, 2.75) is 20.0 Å². The van der Waals surface area contributed by atoms with E-state index in [4.69, 9.17) is 9.47 Å². The lowest BCUT2D eigenvalue weighted by Gasteiger charge is -2.34. The smallest absolute Gasteiger partial charge is 0.282 e. The fourth-order valence-electron chi connectivity index (χ4n) is 3.19. The average Bonchev–Trinajstić information content (AvgIpc) is 2.74. The minimum Gasteiger partial charge on any atom is -0.497 e. The molecular weight excluding hydrogens is 380 g/mol. The van der Waals surface area contributed by atoms with Gasteiger partial charge in [-0.05, 0) is 12.1 Å². The van der Waals surface area contributed by atoms with Crippen LogP contribution in [0.25, 0.3) is 11.3 Å². The topological polar surface area (TPSA) is 84.9 Å². The van der Waals surface area contributed by atoms with Crippen LogP contribution in [0.4, 0.5) is 0 Å². The molecule has 1 aliphatic heterocycles. The fourth-order valence-corrected chi connectivity index (χ4v) is 4.79. The summed E-state index contributed by atoms with van der Waals surface area (Å²) in [6, 6.07) is 7.56. The Labute approximate surface area is 166 Å². The van der Waals surface area contributed by atoms with Crippen molar-refractivity contribution in [3.63, 3.8) is 0 Å². The van der Waals surface area contributed by atoms with E-state index in [-0.39, 0.29) is 6.54 Å². The Kier molecular flexibility index (Phi) is 6.61. The molecule has 2 aromatic rings. The van der Waals surface area contributed by atoms with Crippen molar-refractivity contribution in [3.05, 3.63) is 42.4 Å². The van der Waals surface area contributed by atoms with Gasteiger partial charge in [0.2, 0.25) is 0 Å². The number of benzene rings is 1. The van der Waals surface area contributed by atoms with Crippen LogP contribution < -0.4 is 4.74 Å². The fraction of sp³-hybridized carbons (Fsp3) is 0.474. The highest BCUT2D eigenvalue weighted by atomic mass is 32.2. The minimum absolute atomic E-state index is 0.217. The van der Waals surface area contributed by atoms with Crippen molar-refractivity contribution in [2.24, 2.45) is 0 Å². The predicted molar refractivity (Wildman–Crippen MR) is 106 cm³/mol. The van der Waals surface area contributed by atoms with Gasteiger partial charge in [0.1, 0.15) is 11.9 Å². The summed E-state index contributed by atoms with van der Waals surface area (Å²) in [5.74, 6) is 0.732. The molecule has 0 spiro atoms. The number of aromatic nitrogens is 2. The molecule has 0 amide bonds. The van der Waals surface area contributed by atoms with E-state index in [0.717, 1.165) is 11.3 Å². The molecule has 1 fully saturated rings. The number of hydrogen-bond acceptors (Lipinski definition) is 6. The second-order valence-electron chi connectivity index (χ2n) is 6.37. The van der Waals surface area contributed by atoms with Crippen molar-refractivity contribution in [1.82, 2.24) is 18.6 Å². The molecular formula is C19H26N4O4S. The monoisotopic (exact) mass is 406 g/mol. The number of morpholine rings is 1. The first kappa shape index (κ1) is 20.7. The lowest BCUT2D eigenvalue weighted by Crippen LogP contribution is -2.49. The SMILES string of the molecule is CCN(CC)S(=O)(=O)N1CCO[C@@H](c2cncc(-c3cccc(OC)c3)n2)C1. The second kappa shape index (κ2) is 8.95. The zero-order valence-corrected chi connectivity index (χ0v) is 17.2. The van der Waals surface area contributed by atoms with Crippen LogP contribution in [0.1, 0.15) is 25.6 Å². The maximum Gasteiger partial charge on any atom is 0.282 e. The molecule has 1 atom stereocenters. The van der Waals surface area contributed by atoms with Crippen LogP contribution in [0, 0.1) is 0 Å². The predicted octanol–water partition coefficient (Wildman–Crippen LogP) is 2.11. The van der Waals surface area contributed by atoms with E-state index in [9.17, 15) is 8.42 Å². The minimum atomic E-state index is -3.51. The number of nitrogens with zero attached hydrogens (tertiary/aromatic N) is 4. The summed E-state index contributed by atoms with van der Waals surface area (Å²) in [5.41, 5.74) is 2.17. The normalized spacial score (nSPS) is 18.4. The van der Waals surface area contributed by atoms with E-state index >= 15 is 0 Å². The Morgan fingerprint density at radius 3 is 2.79 bits per heavy atom. The van der Waals surface area contributed by atoms with Crippen LogP contribution >= 0.6 is 0 Å². The molecule has 152 valence electrons. The van der Waals surface area contributed by atoms with Crippen LogP contribution in [0.15, 0.2) is 36.7 Å². The van der Waals surface area contributed by atoms with E-state index in [1.165, 1.54) is 8.61 Å². The highest BCUT2D eigenvalue weighted by molar-refractivity contribution is 7.86. The van der Waals surface area contributed by atoms with Gasteiger partial charge >= 0.3 is 0 Å². The van der Waals surface area contributed by atoms with Crippen LogP contribution in [-0.4, -0.2) is 66.9 Å². The van der Waals surface area contributed by atoms with Crippen molar-refractivity contribution >= 4 is 10.2 Å². The van der Waals surface area contributed by atoms with Gasteiger partial charge in [-0.1, -0.05) is 26.0 Å². The Bertz CT molecular complexity index is 902. The average molecular weight is 407 g/mol. The van der Waals surface area contributed by atoms with Crippen LogP contribution in [0.3, 0.4) is 0 Å². The zero-order valence-electron chi connectivity index (χ0n) is 16.4. The van der Waals surface area contributed by atoms with Gasteiger partial charge in [-0.3, -0.25) is 4.98 Å².